The van der Waals surface area contributed by atoms with Crippen molar-refractivity contribution in [3.8, 4) is 23.0 Å². The first kappa shape index (κ1) is 30.1. The fourth-order valence-corrected chi connectivity index (χ4v) is 5.29. The summed E-state index contributed by atoms with van der Waals surface area (Å²) in [7, 11) is 0. The van der Waals surface area contributed by atoms with Crippen LogP contribution in [-0.4, -0.2) is 51.5 Å². The molecular weight excluding hydrogens is 572 g/mol. The van der Waals surface area contributed by atoms with Crippen molar-refractivity contribution in [1.82, 2.24) is 10.4 Å². The predicted octanol–water partition coefficient (Wildman–Crippen LogP) is 3.96. The van der Waals surface area contributed by atoms with Crippen LogP contribution in [0.25, 0.3) is 0 Å². The van der Waals surface area contributed by atoms with E-state index in [4.69, 9.17) is 14.3 Å². The summed E-state index contributed by atoms with van der Waals surface area (Å²) in [5.74, 6) is -1.19. The molecule has 3 heterocycles. The number of carbonyl (C=O) groups excluding carboxylic acids is 5. The lowest BCUT2D eigenvalue weighted by atomic mass is 9.77. The number of carbonyl (C=O) groups is 5. The number of imide groups is 1. The molecule has 1 saturated heterocycles. The highest BCUT2D eigenvalue weighted by Gasteiger charge is 2.53. The Hall–Kier alpha value is -5.39. The van der Waals surface area contributed by atoms with Gasteiger partial charge in [0.2, 0.25) is 5.91 Å². The summed E-state index contributed by atoms with van der Waals surface area (Å²) in [6.45, 7) is 2.02. The first-order valence-electron chi connectivity index (χ1n) is 14.1. The number of unbranched alkanes of at least 4 members (excludes halogenated alkanes) is 2. The molecule has 0 saturated carbocycles. The van der Waals surface area contributed by atoms with Crippen molar-refractivity contribution in [3.63, 3.8) is 0 Å². The van der Waals surface area contributed by atoms with Crippen LogP contribution in [0, 0.1) is 0 Å². The van der Waals surface area contributed by atoms with Crippen LogP contribution in [0.15, 0.2) is 60.7 Å². The molecule has 6 rings (SSSR count). The van der Waals surface area contributed by atoms with Crippen LogP contribution in [-0.2, 0) is 34.4 Å². The molecule has 3 N–H and O–H groups in total. The van der Waals surface area contributed by atoms with Gasteiger partial charge < -0.3 is 29.8 Å². The van der Waals surface area contributed by atoms with Crippen molar-refractivity contribution < 1.29 is 48.5 Å². The molecule has 0 radical (unpaired) electrons. The summed E-state index contributed by atoms with van der Waals surface area (Å²) in [5, 5.41) is 22.9. The van der Waals surface area contributed by atoms with Gasteiger partial charge >= 0.3 is 11.9 Å². The Labute approximate surface area is 252 Å². The third-order valence-electron chi connectivity index (χ3n) is 7.31. The number of nitrogens with one attached hydrogen (secondary N) is 1. The van der Waals surface area contributed by atoms with E-state index in [1.54, 1.807) is 24.3 Å². The summed E-state index contributed by atoms with van der Waals surface area (Å²) in [6, 6.07) is 16.6. The topological polar surface area (TPSA) is 169 Å². The van der Waals surface area contributed by atoms with Crippen LogP contribution in [0.1, 0.15) is 72.5 Å². The number of benzene rings is 3. The van der Waals surface area contributed by atoms with E-state index < -0.39 is 29.4 Å². The first-order chi connectivity index (χ1) is 21.1. The average Bonchev–Trinajstić information content (AvgIpc) is 3.46. The summed E-state index contributed by atoms with van der Waals surface area (Å²) < 4.78 is 11.8. The van der Waals surface area contributed by atoms with E-state index in [-0.39, 0.29) is 36.7 Å². The van der Waals surface area contributed by atoms with E-state index >= 15 is 0 Å². The third kappa shape index (κ3) is 5.91. The van der Waals surface area contributed by atoms with E-state index in [0.29, 0.717) is 51.8 Å². The summed E-state index contributed by atoms with van der Waals surface area (Å²) >= 11 is 0. The minimum absolute atomic E-state index is 0.0371. The van der Waals surface area contributed by atoms with Gasteiger partial charge in [0.1, 0.15) is 23.0 Å². The van der Waals surface area contributed by atoms with E-state index in [0.717, 1.165) is 12.8 Å². The minimum Gasteiger partial charge on any atom is -0.508 e. The summed E-state index contributed by atoms with van der Waals surface area (Å²) in [4.78, 5) is 61.6. The third-order valence-corrected chi connectivity index (χ3v) is 7.31. The Balaban J connectivity index is 0.000000183. The van der Waals surface area contributed by atoms with E-state index in [1.807, 2.05) is 12.1 Å². The van der Waals surface area contributed by atoms with Crippen molar-refractivity contribution in [3.05, 3.63) is 82.9 Å². The molecule has 1 fully saturated rings. The molecular formula is C32H30N2O10. The second-order valence-electron chi connectivity index (χ2n) is 10.4. The Kier molecular flexibility index (Phi) is 8.52. The number of hydrogen-bond acceptors (Lipinski definition) is 10. The maximum absolute atomic E-state index is 12.5. The van der Waals surface area contributed by atoms with Gasteiger partial charge in [-0.2, -0.15) is 0 Å². The molecule has 0 unspecified atom stereocenters. The number of hydrogen-bond donors (Lipinski definition) is 3. The van der Waals surface area contributed by atoms with Gasteiger partial charge in [0.25, 0.3) is 11.8 Å². The maximum Gasteiger partial charge on any atom is 0.340 e. The zero-order valence-electron chi connectivity index (χ0n) is 23.8. The second-order valence-corrected chi connectivity index (χ2v) is 10.4. The van der Waals surface area contributed by atoms with Crippen molar-refractivity contribution in [2.75, 3.05) is 6.54 Å². The number of phenols is 2. The molecule has 3 aromatic rings. The SMILES string of the molecule is CC(=O)NCCCCCC(=O)ON1C(=O)CCC1=O.O=C1OC2(c3ccc(O)cc3Oc3cc(O)ccc32)c2ccccc21. The highest BCUT2D eigenvalue weighted by molar-refractivity contribution is 6.01. The fraction of sp³-hybridized carbons (Fsp3) is 0.281. The molecule has 3 aliphatic rings. The molecule has 228 valence electrons. The van der Waals surface area contributed by atoms with Crippen molar-refractivity contribution in [2.24, 2.45) is 0 Å². The highest BCUT2D eigenvalue weighted by atomic mass is 16.7. The highest BCUT2D eigenvalue weighted by Crippen LogP contribution is 2.56. The number of phenolic OH excluding ortho intramolecular Hbond substituents is 2. The molecule has 12 nitrogen and oxygen atoms in total. The average molecular weight is 603 g/mol. The van der Waals surface area contributed by atoms with Gasteiger partial charge in [-0.1, -0.05) is 24.6 Å². The smallest absolute Gasteiger partial charge is 0.340 e. The molecule has 3 aliphatic heterocycles. The number of nitrogens with zero attached hydrogens (tertiary/aromatic N) is 1. The fourth-order valence-electron chi connectivity index (χ4n) is 5.29. The lowest BCUT2D eigenvalue weighted by molar-refractivity contribution is -0.197. The monoisotopic (exact) mass is 602 g/mol. The predicted molar refractivity (Wildman–Crippen MR) is 152 cm³/mol. The normalized spacial score (nSPS) is 15.3. The number of ether oxygens (including phenoxy) is 2. The van der Waals surface area contributed by atoms with E-state index in [1.165, 1.54) is 31.2 Å². The molecule has 44 heavy (non-hydrogen) atoms. The van der Waals surface area contributed by atoms with Crippen molar-refractivity contribution >= 4 is 29.7 Å². The Morgan fingerprint density at radius 3 is 2.09 bits per heavy atom. The maximum atomic E-state index is 12.5. The molecule has 1 spiro atoms. The van der Waals surface area contributed by atoms with Gasteiger partial charge in [-0.05, 0) is 43.2 Å². The number of hydroxylamine groups is 2. The second kappa shape index (κ2) is 12.5. The van der Waals surface area contributed by atoms with E-state index in [9.17, 15) is 34.2 Å². The molecule has 0 aromatic heterocycles. The molecule has 0 aliphatic carbocycles. The van der Waals surface area contributed by atoms with Crippen LogP contribution >= 0.6 is 0 Å². The largest absolute Gasteiger partial charge is 0.508 e. The van der Waals surface area contributed by atoms with Crippen molar-refractivity contribution in [2.45, 2.75) is 51.0 Å². The zero-order valence-corrected chi connectivity index (χ0v) is 23.8. The van der Waals surface area contributed by atoms with Gasteiger partial charge in [0.15, 0.2) is 5.60 Å². The molecule has 3 amide bonds. The van der Waals surface area contributed by atoms with E-state index in [2.05, 4.69) is 5.32 Å². The van der Waals surface area contributed by atoms with Gasteiger partial charge in [-0.3, -0.25) is 14.4 Å². The van der Waals surface area contributed by atoms with Crippen LogP contribution in [0.2, 0.25) is 0 Å². The molecule has 12 heteroatoms. The number of fused-ring (bicyclic) bond motifs is 6. The van der Waals surface area contributed by atoms with Gasteiger partial charge in [-0.15, -0.1) is 5.06 Å². The lowest BCUT2D eigenvalue weighted by Crippen LogP contribution is -2.32. The minimum atomic E-state index is -1.17. The summed E-state index contributed by atoms with van der Waals surface area (Å²) in [5.41, 5.74) is 1.28. The Morgan fingerprint density at radius 1 is 0.864 bits per heavy atom. The molecule has 3 aromatic carbocycles. The quantitative estimate of drug-likeness (QED) is 0.204. The van der Waals surface area contributed by atoms with Gasteiger partial charge in [0.05, 0.1) is 5.56 Å². The van der Waals surface area contributed by atoms with Crippen LogP contribution in [0.4, 0.5) is 0 Å². The summed E-state index contributed by atoms with van der Waals surface area (Å²) in [6.07, 6.45) is 2.48. The zero-order chi connectivity index (χ0) is 31.4. The standard InChI is InChI=1S/C20H12O5.C12H18N2O5/c21-11-5-7-15-17(9-11)24-18-10-12(22)6-8-16(18)20(15)14-4-2-1-3-13(14)19(23)25-20;1-9(15)13-8-4-2-3-5-12(18)19-14-10(16)6-7-11(14)17/h1-10,21-22H;2-8H2,1H3,(H,13,15). The van der Waals surface area contributed by atoms with Crippen LogP contribution < -0.4 is 10.1 Å². The number of esters is 1. The Bertz CT molecular complexity index is 1580. The van der Waals surface area contributed by atoms with Crippen LogP contribution in [0.3, 0.4) is 0 Å². The lowest BCUT2D eigenvalue weighted by Gasteiger charge is -2.36. The molecule has 0 bridgehead atoms. The van der Waals surface area contributed by atoms with Gasteiger partial charge in [0, 0.05) is 61.6 Å². The number of amides is 3. The Morgan fingerprint density at radius 2 is 1.48 bits per heavy atom. The van der Waals surface area contributed by atoms with Crippen LogP contribution in [0.5, 0.6) is 23.0 Å². The molecule has 0 atom stereocenters. The first-order valence-corrected chi connectivity index (χ1v) is 14.1. The number of aromatic hydroxyl groups is 2. The van der Waals surface area contributed by atoms with Crippen molar-refractivity contribution in [1.29, 1.82) is 0 Å². The van der Waals surface area contributed by atoms with Gasteiger partial charge in [-0.25, -0.2) is 9.59 Å². The number of rotatable bonds is 7.